The molecular weight excluding hydrogens is 376 g/mol. The second-order valence-corrected chi connectivity index (χ2v) is 9.83. The van der Waals surface area contributed by atoms with Gasteiger partial charge in [0, 0.05) is 18.4 Å². The third kappa shape index (κ3) is 6.28. The second kappa shape index (κ2) is 10.6. The Bertz CT molecular complexity index is 908. The fourth-order valence-corrected chi connectivity index (χ4v) is 5.27. The van der Waals surface area contributed by atoms with Crippen molar-refractivity contribution in [3.63, 3.8) is 0 Å². The van der Waals surface area contributed by atoms with Gasteiger partial charge in [-0.15, -0.1) is 0 Å². The van der Waals surface area contributed by atoms with E-state index in [9.17, 15) is 0 Å². The Kier molecular flexibility index (Phi) is 8.08. The molecule has 0 aliphatic heterocycles. The molecule has 0 bridgehead atoms. The first kappa shape index (κ1) is 23.7. The van der Waals surface area contributed by atoms with Crippen molar-refractivity contribution in [1.82, 2.24) is 9.97 Å². The number of allylic oxidation sites excluding steroid dienone is 2. The zero-order valence-corrected chi connectivity index (χ0v) is 21.0. The van der Waals surface area contributed by atoms with Gasteiger partial charge < -0.3 is 0 Å². The highest BCUT2D eigenvalue weighted by atomic mass is 14.9. The van der Waals surface area contributed by atoms with Gasteiger partial charge >= 0.3 is 0 Å². The maximum atomic E-state index is 4.65. The van der Waals surface area contributed by atoms with Crippen molar-refractivity contribution >= 4 is 5.57 Å². The van der Waals surface area contributed by atoms with Crippen LogP contribution in [-0.2, 0) is 6.42 Å². The lowest BCUT2D eigenvalue weighted by Crippen LogP contribution is -2.08. The highest BCUT2D eigenvalue weighted by Gasteiger charge is 2.20. The van der Waals surface area contributed by atoms with Crippen LogP contribution in [0, 0.1) is 47.5 Å². The molecule has 2 aromatic rings. The van der Waals surface area contributed by atoms with Crippen molar-refractivity contribution in [1.29, 1.82) is 0 Å². The fourth-order valence-electron chi connectivity index (χ4n) is 5.27. The fraction of sp³-hybridized carbons (Fsp3) is 0.586. The minimum atomic E-state index is 0. The summed E-state index contributed by atoms with van der Waals surface area (Å²) in [6, 6.07) is 4.64. The quantitative estimate of drug-likeness (QED) is 0.486. The summed E-state index contributed by atoms with van der Waals surface area (Å²) in [6.07, 6.45) is 11.7. The normalized spacial score (nSPS) is 16.2. The van der Waals surface area contributed by atoms with E-state index >= 15 is 0 Å². The SMILES string of the molecule is CCC1CC1.Cc1cc(C)c(CCC2=C(c3c(C)nc(C)nc3C)CCCC2)c(C)c1.[HH]. The van der Waals surface area contributed by atoms with Gasteiger partial charge in [0.25, 0.3) is 0 Å². The third-order valence-electron chi connectivity index (χ3n) is 7.06. The van der Waals surface area contributed by atoms with Gasteiger partial charge in [0.1, 0.15) is 5.82 Å². The summed E-state index contributed by atoms with van der Waals surface area (Å²) in [7, 11) is 0. The maximum Gasteiger partial charge on any atom is 0.125 e. The first-order valence-corrected chi connectivity index (χ1v) is 12.4. The second-order valence-electron chi connectivity index (χ2n) is 9.83. The molecule has 170 valence electrons. The van der Waals surface area contributed by atoms with Crippen LogP contribution in [0.15, 0.2) is 17.7 Å². The van der Waals surface area contributed by atoms with E-state index in [0.29, 0.717) is 0 Å². The molecule has 2 heteroatoms. The highest BCUT2D eigenvalue weighted by molar-refractivity contribution is 5.72. The minimum absolute atomic E-state index is 0. The summed E-state index contributed by atoms with van der Waals surface area (Å²) in [4.78, 5) is 9.31. The summed E-state index contributed by atoms with van der Waals surface area (Å²) in [5.74, 6) is 2.02. The van der Waals surface area contributed by atoms with Crippen LogP contribution in [0.2, 0.25) is 0 Å². The standard InChI is InChI=1S/C24H32N2.C5H10.H2/c1-15-13-16(2)22(17(3)14-15)12-11-21-9-7-8-10-23(21)24-18(4)25-20(6)26-19(24)5;1-2-5-3-4-5;/h13-14H,7-12H2,1-6H3;5H,2-4H2,1H3;1H. The average molecular weight is 421 g/mol. The van der Waals surface area contributed by atoms with Gasteiger partial charge in [-0.1, -0.05) is 49.5 Å². The first-order chi connectivity index (χ1) is 14.8. The predicted molar refractivity (Wildman–Crippen MR) is 136 cm³/mol. The van der Waals surface area contributed by atoms with Gasteiger partial charge in [0.2, 0.25) is 0 Å². The Morgan fingerprint density at radius 2 is 1.42 bits per heavy atom. The van der Waals surface area contributed by atoms with Crippen molar-refractivity contribution in [2.24, 2.45) is 5.92 Å². The van der Waals surface area contributed by atoms with Crippen LogP contribution in [0.3, 0.4) is 0 Å². The Hall–Kier alpha value is -1.96. The van der Waals surface area contributed by atoms with Crippen LogP contribution in [0.1, 0.15) is 105 Å². The van der Waals surface area contributed by atoms with Gasteiger partial charge in [0.15, 0.2) is 0 Å². The number of hydrogen-bond donors (Lipinski definition) is 0. The van der Waals surface area contributed by atoms with Gasteiger partial charge in [-0.2, -0.15) is 0 Å². The summed E-state index contributed by atoms with van der Waals surface area (Å²) < 4.78 is 0. The van der Waals surface area contributed by atoms with E-state index in [-0.39, 0.29) is 1.43 Å². The molecule has 2 aliphatic carbocycles. The van der Waals surface area contributed by atoms with E-state index in [1.807, 2.05) is 6.92 Å². The molecule has 1 fully saturated rings. The Morgan fingerprint density at radius 3 is 1.94 bits per heavy atom. The van der Waals surface area contributed by atoms with Crippen molar-refractivity contribution in [2.45, 2.75) is 106 Å². The van der Waals surface area contributed by atoms with Gasteiger partial charge in [-0.3, -0.25) is 0 Å². The molecule has 2 aliphatic rings. The van der Waals surface area contributed by atoms with Crippen molar-refractivity contribution in [2.75, 3.05) is 0 Å². The molecule has 2 nitrogen and oxygen atoms in total. The van der Waals surface area contributed by atoms with E-state index in [1.54, 1.807) is 5.57 Å². The van der Waals surface area contributed by atoms with Crippen molar-refractivity contribution in [3.05, 3.63) is 62.7 Å². The minimum Gasteiger partial charge on any atom is -0.238 e. The highest BCUT2D eigenvalue weighted by Crippen LogP contribution is 2.37. The molecular formula is C29H44N2. The summed E-state index contributed by atoms with van der Waals surface area (Å²) >= 11 is 0. The van der Waals surface area contributed by atoms with E-state index < -0.39 is 0 Å². The number of aromatic nitrogens is 2. The van der Waals surface area contributed by atoms with Crippen LogP contribution < -0.4 is 0 Å². The molecule has 0 radical (unpaired) electrons. The molecule has 0 amide bonds. The molecule has 0 saturated heterocycles. The zero-order valence-electron chi connectivity index (χ0n) is 21.0. The first-order valence-electron chi connectivity index (χ1n) is 12.4. The lowest BCUT2D eigenvalue weighted by atomic mass is 9.83. The molecule has 0 N–H and O–H groups in total. The number of hydrogen-bond acceptors (Lipinski definition) is 2. The molecule has 1 aromatic carbocycles. The Balaban J connectivity index is 0.000000534. The van der Waals surface area contributed by atoms with E-state index in [0.717, 1.165) is 36.0 Å². The lowest BCUT2D eigenvalue weighted by molar-refractivity contribution is 0.683. The van der Waals surface area contributed by atoms with E-state index in [1.165, 1.54) is 78.3 Å². The molecule has 0 unspecified atom stereocenters. The average Bonchev–Trinajstić information content (AvgIpc) is 3.52. The van der Waals surface area contributed by atoms with Crippen LogP contribution in [0.25, 0.3) is 5.57 Å². The van der Waals surface area contributed by atoms with Gasteiger partial charge in [0.05, 0.1) is 0 Å². The van der Waals surface area contributed by atoms with E-state index in [2.05, 4.69) is 63.6 Å². The van der Waals surface area contributed by atoms with E-state index in [4.69, 9.17) is 0 Å². The smallest absolute Gasteiger partial charge is 0.125 e. The lowest BCUT2D eigenvalue weighted by Gasteiger charge is -2.23. The van der Waals surface area contributed by atoms with Crippen molar-refractivity contribution in [3.8, 4) is 0 Å². The van der Waals surface area contributed by atoms with Crippen LogP contribution >= 0.6 is 0 Å². The number of aryl methyl sites for hydroxylation is 6. The number of benzene rings is 1. The number of nitrogens with zero attached hydrogens (tertiary/aromatic N) is 2. The number of rotatable bonds is 5. The van der Waals surface area contributed by atoms with Crippen LogP contribution in [0.5, 0.6) is 0 Å². The van der Waals surface area contributed by atoms with Crippen LogP contribution in [0.4, 0.5) is 0 Å². The topological polar surface area (TPSA) is 25.8 Å². The van der Waals surface area contributed by atoms with Crippen molar-refractivity contribution < 1.29 is 1.43 Å². The monoisotopic (exact) mass is 420 g/mol. The Morgan fingerprint density at radius 1 is 0.839 bits per heavy atom. The van der Waals surface area contributed by atoms with Gasteiger partial charge in [-0.05, 0) is 108 Å². The summed E-state index contributed by atoms with van der Waals surface area (Å²) in [5.41, 5.74) is 12.5. The predicted octanol–water partition coefficient (Wildman–Crippen LogP) is 8.34. The summed E-state index contributed by atoms with van der Waals surface area (Å²) in [6.45, 7) is 15.2. The Labute approximate surface area is 192 Å². The molecule has 1 heterocycles. The molecule has 4 rings (SSSR count). The molecule has 31 heavy (non-hydrogen) atoms. The van der Waals surface area contributed by atoms with Gasteiger partial charge in [-0.25, -0.2) is 9.97 Å². The third-order valence-corrected chi connectivity index (χ3v) is 7.06. The molecule has 0 atom stereocenters. The summed E-state index contributed by atoms with van der Waals surface area (Å²) in [5, 5.41) is 0. The molecule has 0 spiro atoms. The largest absolute Gasteiger partial charge is 0.238 e. The zero-order chi connectivity index (χ0) is 22.5. The molecule has 1 saturated carbocycles. The molecule has 1 aromatic heterocycles. The van der Waals surface area contributed by atoms with Crippen LogP contribution in [-0.4, -0.2) is 9.97 Å². The maximum absolute atomic E-state index is 4.65.